The lowest BCUT2D eigenvalue weighted by Gasteiger charge is -2.10. The van der Waals surface area contributed by atoms with E-state index in [4.69, 9.17) is 4.52 Å². The monoisotopic (exact) mass is 324 g/mol. The predicted molar refractivity (Wildman–Crippen MR) is 87.3 cm³/mol. The van der Waals surface area contributed by atoms with Crippen molar-refractivity contribution >= 4 is 11.9 Å². The van der Waals surface area contributed by atoms with Crippen molar-refractivity contribution in [3.8, 4) is 11.3 Å². The number of nitrogens with one attached hydrogen (secondary N) is 1. The maximum Gasteiger partial charge on any atom is 0.273 e. The summed E-state index contributed by atoms with van der Waals surface area (Å²) in [6.07, 6.45) is 4.96. The number of aromatic nitrogens is 4. The van der Waals surface area contributed by atoms with Crippen molar-refractivity contribution < 1.29 is 9.32 Å². The van der Waals surface area contributed by atoms with Crippen LogP contribution in [0.1, 0.15) is 16.2 Å². The second kappa shape index (κ2) is 6.86. The summed E-state index contributed by atoms with van der Waals surface area (Å²) in [7, 11) is 3.71. The van der Waals surface area contributed by atoms with Gasteiger partial charge in [0.25, 0.3) is 5.91 Å². The molecule has 0 bridgehead atoms. The van der Waals surface area contributed by atoms with Crippen LogP contribution >= 0.6 is 0 Å². The fourth-order valence-corrected chi connectivity index (χ4v) is 1.99. The van der Waals surface area contributed by atoms with Crippen LogP contribution < -0.4 is 10.2 Å². The Morgan fingerprint density at radius 2 is 2.17 bits per heavy atom. The molecule has 8 nitrogen and oxygen atoms in total. The van der Waals surface area contributed by atoms with E-state index in [1.54, 1.807) is 41.7 Å². The average molecular weight is 324 g/mol. The number of carbonyl (C=O) groups excluding carboxylic acids is 1. The molecule has 0 spiro atoms. The van der Waals surface area contributed by atoms with Crippen molar-refractivity contribution in [2.24, 2.45) is 0 Å². The number of carbonyl (C=O) groups is 1. The Kier molecular flexibility index (Phi) is 4.46. The highest BCUT2D eigenvalue weighted by Crippen LogP contribution is 2.18. The summed E-state index contributed by atoms with van der Waals surface area (Å²) < 4.78 is 5.19. The number of amides is 1. The van der Waals surface area contributed by atoms with E-state index >= 15 is 0 Å². The third kappa shape index (κ3) is 3.54. The molecule has 0 unspecified atom stereocenters. The van der Waals surface area contributed by atoms with Gasteiger partial charge in [-0.2, -0.15) is 0 Å². The van der Waals surface area contributed by atoms with Gasteiger partial charge in [0, 0.05) is 44.3 Å². The summed E-state index contributed by atoms with van der Waals surface area (Å²) in [5, 5.41) is 6.56. The molecular formula is C16H16N6O2. The topological polar surface area (TPSA) is 97.0 Å². The minimum atomic E-state index is -0.334. The Labute approximate surface area is 138 Å². The first kappa shape index (κ1) is 15.6. The molecule has 1 N–H and O–H groups in total. The Bertz CT molecular complexity index is 831. The lowest BCUT2D eigenvalue weighted by Crippen LogP contribution is -2.24. The smallest absolute Gasteiger partial charge is 0.273 e. The molecule has 0 fully saturated rings. The SMILES string of the molecule is CN(C)c1nccc(CNC(=O)c2cc(-c3cccnc3)on2)n1. The van der Waals surface area contributed by atoms with Gasteiger partial charge in [0.05, 0.1) is 12.2 Å². The zero-order chi connectivity index (χ0) is 16.9. The molecule has 0 aliphatic rings. The van der Waals surface area contributed by atoms with Crippen LogP contribution in [-0.4, -0.2) is 40.1 Å². The summed E-state index contributed by atoms with van der Waals surface area (Å²) in [5.41, 5.74) is 1.67. The highest BCUT2D eigenvalue weighted by atomic mass is 16.5. The molecule has 0 aliphatic heterocycles. The first-order valence-electron chi connectivity index (χ1n) is 7.28. The van der Waals surface area contributed by atoms with Gasteiger partial charge in [-0.3, -0.25) is 9.78 Å². The summed E-state index contributed by atoms with van der Waals surface area (Å²) in [6.45, 7) is 0.275. The second-order valence-electron chi connectivity index (χ2n) is 5.24. The van der Waals surface area contributed by atoms with E-state index in [1.165, 1.54) is 0 Å². The maximum atomic E-state index is 12.2. The van der Waals surface area contributed by atoms with Crippen LogP contribution in [0.4, 0.5) is 5.95 Å². The second-order valence-corrected chi connectivity index (χ2v) is 5.24. The van der Waals surface area contributed by atoms with Gasteiger partial charge in [0.15, 0.2) is 11.5 Å². The van der Waals surface area contributed by atoms with Gasteiger partial charge >= 0.3 is 0 Å². The van der Waals surface area contributed by atoms with E-state index in [1.807, 2.05) is 20.2 Å². The molecule has 0 radical (unpaired) electrons. The normalized spacial score (nSPS) is 10.4. The third-order valence-electron chi connectivity index (χ3n) is 3.22. The lowest BCUT2D eigenvalue weighted by molar-refractivity contribution is 0.0941. The standard InChI is InChI=1S/C16H16N6O2/c1-22(2)16-18-7-5-12(20-16)10-19-15(23)13-8-14(24-21-13)11-4-3-6-17-9-11/h3-9H,10H2,1-2H3,(H,19,23). The van der Waals surface area contributed by atoms with Crippen molar-refractivity contribution in [1.29, 1.82) is 0 Å². The molecule has 0 aromatic carbocycles. The average Bonchev–Trinajstić information content (AvgIpc) is 3.11. The van der Waals surface area contributed by atoms with Crippen LogP contribution in [0, 0.1) is 0 Å². The first-order chi connectivity index (χ1) is 11.6. The molecule has 0 saturated heterocycles. The van der Waals surface area contributed by atoms with Crippen molar-refractivity contribution in [1.82, 2.24) is 25.4 Å². The largest absolute Gasteiger partial charge is 0.355 e. The molecule has 3 rings (SSSR count). The lowest BCUT2D eigenvalue weighted by atomic mass is 10.2. The predicted octanol–water partition coefficient (Wildman–Crippen LogP) is 1.52. The van der Waals surface area contributed by atoms with Gasteiger partial charge in [-0.25, -0.2) is 9.97 Å². The molecule has 3 aromatic heterocycles. The molecule has 24 heavy (non-hydrogen) atoms. The van der Waals surface area contributed by atoms with Crippen LogP contribution in [0.25, 0.3) is 11.3 Å². The van der Waals surface area contributed by atoms with Gasteiger partial charge in [-0.05, 0) is 18.2 Å². The summed E-state index contributed by atoms with van der Waals surface area (Å²) in [5.74, 6) is 0.742. The number of nitrogens with zero attached hydrogens (tertiary/aromatic N) is 5. The van der Waals surface area contributed by atoms with E-state index in [0.717, 1.165) is 5.56 Å². The Morgan fingerprint density at radius 3 is 2.92 bits per heavy atom. The minimum absolute atomic E-state index is 0.204. The van der Waals surface area contributed by atoms with Crippen molar-refractivity contribution in [2.45, 2.75) is 6.54 Å². The quantitative estimate of drug-likeness (QED) is 0.760. The van der Waals surface area contributed by atoms with Gasteiger partial charge in [-0.1, -0.05) is 5.16 Å². The first-order valence-corrected chi connectivity index (χ1v) is 7.28. The molecular weight excluding hydrogens is 308 g/mol. The molecule has 0 saturated carbocycles. The fourth-order valence-electron chi connectivity index (χ4n) is 1.99. The van der Waals surface area contributed by atoms with Crippen LogP contribution in [-0.2, 0) is 6.54 Å². The van der Waals surface area contributed by atoms with Gasteiger partial charge in [0.2, 0.25) is 5.95 Å². The number of anilines is 1. The number of hydrogen-bond donors (Lipinski definition) is 1. The van der Waals surface area contributed by atoms with Gasteiger partial charge < -0.3 is 14.7 Å². The minimum Gasteiger partial charge on any atom is -0.355 e. The van der Waals surface area contributed by atoms with Crippen molar-refractivity contribution in [3.63, 3.8) is 0 Å². The van der Waals surface area contributed by atoms with E-state index in [9.17, 15) is 4.79 Å². The Morgan fingerprint density at radius 1 is 1.29 bits per heavy atom. The molecule has 122 valence electrons. The van der Waals surface area contributed by atoms with E-state index in [2.05, 4.69) is 25.4 Å². The number of rotatable bonds is 5. The van der Waals surface area contributed by atoms with Gasteiger partial charge in [-0.15, -0.1) is 0 Å². The van der Waals surface area contributed by atoms with Gasteiger partial charge in [0.1, 0.15) is 0 Å². The molecule has 1 amide bonds. The molecule has 3 aromatic rings. The highest BCUT2D eigenvalue weighted by Gasteiger charge is 2.14. The molecule has 0 atom stereocenters. The Balaban J connectivity index is 1.66. The molecule has 0 aliphatic carbocycles. The van der Waals surface area contributed by atoms with E-state index in [0.29, 0.717) is 17.4 Å². The summed E-state index contributed by atoms with van der Waals surface area (Å²) in [4.78, 5) is 26.4. The number of hydrogen-bond acceptors (Lipinski definition) is 7. The van der Waals surface area contributed by atoms with Crippen molar-refractivity contribution in [3.05, 3.63) is 54.2 Å². The van der Waals surface area contributed by atoms with Crippen LogP contribution in [0.15, 0.2) is 47.4 Å². The highest BCUT2D eigenvalue weighted by molar-refractivity contribution is 5.92. The zero-order valence-electron chi connectivity index (χ0n) is 13.3. The molecule has 3 heterocycles. The van der Waals surface area contributed by atoms with Crippen molar-refractivity contribution in [2.75, 3.05) is 19.0 Å². The summed E-state index contributed by atoms with van der Waals surface area (Å²) in [6, 6.07) is 6.95. The number of pyridine rings is 1. The molecule has 8 heteroatoms. The Hall–Kier alpha value is -3.29. The fraction of sp³-hybridized carbons (Fsp3) is 0.188. The summed E-state index contributed by atoms with van der Waals surface area (Å²) >= 11 is 0. The van der Waals surface area contributed by atoms with Crippen LogP contribution in [0.3, 0.4) is 0 Å². The van der Waals surface area contributed by atoms with E-state index in [-0.39, 0.29) is 18.1 Å². The zero-order valence-corrected chi connectivity index (χ0v) is 13.3. The van der Waals surface area contributed by atoms with E-state index < -0.39 is 0 Å². The van der Waals surface area contributed by atoms with Crippen LogP contribution in [0.5, 0.6) is 0 Å². The van der Waals surface area contributed by atoms with Crippen LogP contribution in [0.2, 0.25) is 0 Å². The maximum absolute atomic E-state index is 12.2. The third-order valence-corrected chi connectivity index (χ3v) is 3.22.